The Morgan fingerprint density at radius 1 is 1.24 bits per heavy atom. The molecular weight excluding hydrogens is 222 g/mol. The zero-order valence-corrected chi connectivity index (χ0v) is 10.7. The van der Waals surface area contributed by atoms with Crippen molar-refractivity contribution in [3.63, 3.8) is 0 Å². The fourth-order valence-electron chi connectivity index (χ4n) is 1.73. The van der Waals surface area contributed by atoms with E-state index in [2.05, 4.69) is 0 Å². The Morgan fingerprint density at radius 2 is 1.71 bits per heavy atom. The van der Waals surface area contributed by atoms with Crippen LogP contribution in [0, 0.1) is 5.92 Å². The van der Waals surface area contributed by atoms with Crippen LogP contribution in [-0.4, -0.2) is 33.1 Å². The van der Waals surface area contributed by atoms with Crippen molar-refractivity contribution in [3.05, 3.63) is 0 Å². The molecule has 0 radical (unpaired) electrons. The van der Waals surface area contributed by atoms with Gasteiger partial charge >= 0.3 is 5.97 Å². The Labute approximate surface area is 103 Å². The molecular formula is C12H25NO4. The lowest BCUT2D eigenvalue weighted by atomic mass is 9.95. The van der Waals surface area contributed by atoms with E-state index in [1.54, 1.807) is 0 Å². The highest BCUT2D eigenvalue weighted by atomic mass is 16.5. The van der Waals surface area contributed by atoms with Crippen LogP contribution < -0.4 is 5.73 Å². The van der Waals surface area contributed by atoms with Crippen molar-refractivity contribution < 1.29 is 20.1 Å². The largest absolute Gasteiger partial charge is 0.480 e. The molecule has 1 rings (SSSR count). The number of hydrogen-bond donors (Lipinski definition) is 4. The van der Waals surface area contributed by atoms with E-state index in [9.17, 15) is 4.79 Å². The van der Waals surface area contributed by atoms with Gasteiger partial charge in [-0.25, -0.2) is 0 Å². The van der Waals surface area contributed by atoms with Crippen LogP contribution in [-0.2, 0) is 4.79 Å². The summed E-state index contributed by atoms with van der Waals surface area (Å²) in [6.45, 7) is 3.89. The van der Waals surface area contributed by atoms with Crippen molar-refractivity contribution in [3.8, 4) is 0 Å². The topological polar surface area (TPSA) is 104 Å². The van der Waals surface area contributed by atoms with Crippen LogP contribution in [0.1, 0.15) is 52.4 Å². The van der Waals surface area contributed by atoms with Crippen molar-refractivity contribution >= 4 is 5.97 Å². The van der Waals surface area contributed by atoms with E-state index < -0.39 is 17.8 Å². The van der Waals surface area contributed by atoms with Crippen LogP contribution in [0.15, 0.2) is 0 Å². The Hall–Kier alpha value is -0.650. The van der Waals surface area contributed by atoms with E-state index in [0.717, 1.165) is 19.3 Å². The Kier molecular flexibility index (Phi) is 7.34. The summed E-state index contributed by atoms with van der Waals surface area (Å²) in [7, 11) is 0. The van der Waals surface area contributed by atoms with Gasteiger partial charge in [0, 0.05) is 12.8 Å². The summed E-state index contributed by atoms with van der Waals surface area (Å²) in [4.78, 5) is 10.1. The first-order valence-electron chi connectivity index (χ1n) is 6.18. The number of aliphatic hydroxyl groups is 2. The van der Waals surface area contributed by atoms with Gasteiger partial charge in [-0.2, -0.15) is 0 Å². The second kappa shape index (κ2) is 7.63. The van der Waals surface area contributed by atoms with Crippen molar-refractivity contribution in [1.82, 2.24) is 0 Å². The predicted octanol–water partition coefficient (Wildman–Crippen LogP) is 1.08. The molecule has 5 heteroatoms. The van der Waals surface area contributed by atoms with E-state index in [4.69, 9.17) is 21.1 Å². The van der Waals surface area contributed by atoms with Gasteiger partial charge in [-0.15, -0.1) is 0 Å². The lowest BCUT2D eigenvalue weighted by molar-refractivity contribution is -0.180. The van der Waals surface area contributed by atoms with Crippen LogP contribution in [0.25, 0.3) is 0 Å². The maximum atomic E-state index is 10.1. The van der Waals surface area contributed by atoms with E-state index in [1.165, 1.54) is 0 Å². The summed E-state index contributed by atoms with van der Waals surface area (Å²) >= 11 is 0. The summed E-state index contributed by atoms with van der Waals surface area (Å²) in [5, 5.41) is 26.2. The Morgan fingerprint density at radius 3 is 1.88 bits per heavy atom. The zero-order valence-electron chi connectivity index (χ0n) is 10.7. The molecule has 1 aliphatic carbocycles. The summed E-state index contributed by atoms with van der Waals surface area (Å²) in [5.41, 5.74) is 5.22. The third-order valence-corrected chi connectivity index (χ3v) is 2.70. The zero-order chi connectivity index (χ0) is 13.5. The normalized spacial score (nSPS) is 20.4. The molecule has 0 aliphatic heterocycles. The molecule has 0 amide bonds. The first-order valence-corrected chi connectivity index (χ1v) is 6.18. The van der Waals surface area contributed by atoms with Gasteiger partial charge in [0.05, 0.1) is 0 Å². The van der Waals surface area contributed by atoms with Crippen molar-refractivity contribution in [2.75, 3.05) is 0 Å². The second-order valence-corrected chi connectivity index (χ2v) is 5.12. The molecule has 0 aromatic heterocycles. The second-order valence-electron chi connectivity index (χ2n) is 5.12. The number of hydrogen-bond acceptors (Lipinski definition) is 4. The number of carboxylic acid groups (broad SMARTS) is 1. The average Bonchev–Trinajstić information content (AvgIpc) is 2.16. The Bertz CT molecular complexity index is 221. The lowest BCUT2D eigenvalue weighted by Gasteiger charge is -2.25. The van der Waals surface area contributed by atoms with Gasteiger partial charge in [0.1, 0.15) is 6.04 Å². The van der Waals surface area contributed by atoms with E-state index in [-0.39, 0.29) is 0 Å². The number of carbonyl (C=O) groups is 1. The molecule has 1 aliphatic rings. The van der Waals surface area contributed by atoms with Crippen LogP contribution >= 0.6 is 0 Å². The minimum Gasteiger partial charge on any atom is -0.480 e. The third kappa shape index (κ3) is 9.09. The number of carboxylic acids is 1. The van der Waals surface area contributed by atoms with Gasteiger partial charge in [0.2, 0.25) is 0 Å². The molecule has 0 spiro atoms. The van der Waals surface area contributed by atoms with E-state index in [1.807, 2.05) is 13.8 Å². The van der Waals surface area contributed by atoms with Gasteiger partial charge in [0.25, 0.3) is 0 Å². The molecule has 102 valence electrons. The van der Waals surface area contributed by atoms with Gasteiger partial charge in [-0.1, -0.05) is 20.3 Å². The summed E-state index contributed by atoms with van der Waals surface area (Å²) in [5.74, 6) is -1.88. The fourth-order valence-corrected chi connectivity index (χ4v) is 1.73. The van der Waals surface area contributed by atoms with Crippen molar-refractivity contribution in [1.29, 1.82) is 0 Å². The van der Waals surface area contributed by atoms with Gasteiger partial charge in [-0.05, 0) is 25.2 Å². The average molecular weight is 247 g/mol. The molecule has 0 unspecified atom stereocenters. The smallest absolute Gasteiger partial charge is 0.320 e. The number of aliphatic carboxylic acids is 1. The minimum absolute atomic E-state index is 0.357. The van der Waals surface area contributed by atoms with Crippen LogP contribution in [0.3, 0.4) is 0 Å². The monoisotopic (exact) mass is 247 g/mol. The highest BCUT2D eigenvalue weighted by Crippen LogP contribution is 2.24. The molecule has 5 N–H and O–H groups in total. The number of rotatable bonds is 3. The maximum Gasteiger partial charge on any atom is 0.320 e. The van der Waals surface area contributed by atoms with Gasteiger partial charge in [0.15, 0.2) is 5.79 Å². The molecule has 17 heavy (non-hydrogen) atoms. The molecule has 0 bridgehead atoms. The first-order chi connectivity index (χ1) is 7.74. The number of nitrogens with two attached hydrogens (primary N) is 1. The SMILES string of the molecule is CC(C)C[C@H](N)C(=O)O.OC1(O)CCCCC1. The first kappa shape index (κ1) is 16.4. The summed E-state index contributed by atoms with van der Waals surface area (Å²) in [6, 6.07) is -0.690. The standard InChI is InChI=1S/C6H13NO2.C6H12O2/c1-4(2)3-5(7)6(8)9;7-6(8)4-2-1-3-5-6/h4-5H,3,7H2,1-2H3,(H,8,9);7-8H,1-5H2/t5-;/m0./s1. The van der Waals surface area contributed by atoms with Crippen molar-refractivity contribution in [2.24, 2.45) is 11.7 Å². The fraction of sp³-hybridized carbons (Fsp3) is 0.917. The van der Waals surface area contributed by atoms with Gasteiger partial charge < -0.3 is 21.1 Å². The molecule has 1 atom stereocenters. The molecule has 0 saturated heterocycles. The molecule has 5 nitrogen and oxygen atoms in total. The molecule has 1 fully saturated rings. The molecule has 0 aromatic carbocycles. The Balaban J connectivity index is 0.000000302. The maximum absolute atomic E-state index is 10.1. The lowest BCUT2D eigenvalue weighted by Crippen LogP contribution is -2.31. The van der Waals surface area contributed by atoms with E-state index in [0.29, 0.717) is 25.2 Å². The highest BCUT2D eigenvalue weighted by molar-refractivity contribution is 5.72. The molecule has 0 aromatic rings. The summed E-state index contributed by atoms with van der Waals surface area (Å²) < 4.78 is 0. The van der Waals surface area contributed by atoms with Gasteiger partial charge in [-0.3, -0.25) is 4.79 Å². The predicted molar refractivity (Wildman–Crippen MR) is 65.3 cm³/mol. The highest BCUT2D eigenvalue weighted by Gasteiger charge is 2.24. The minimum atomic E-state index is -1.32. The van der Waals surface area contributed by atoms with Crippen LogP contribution in [0.2, 0.25) is 0 Å². The van der Waals surface area contributed by atoms with Crippen LogP contribution in [0.4, 0.5) is 0 Å². The van der Waals surface area contributed by atoms with Crippen LogP contribution in [0.5, 0.6) is 0 Å². The quantitative estimate of drug-likeness (QED) is 0.559. The van der Waals surface area contributed by atoms with Crippen molar-refractivity contribution in [2.45, 2.75) is 64.2 Å². The molecule has 0 heterocycles. The van der Waals surface area contributed by atoms with E-state index >= 15 is 0 Å². The molecule has 1 saturated carbocycles. The third-order valence-electron chi connectivity index (χ3n) is 2.70. The summed E-state index contributed by atoms with van der Waals surface area (Å²) in [6.07, 6.45) is 4.76.